The molecule has 1 aromatic heterocycles. The predicted octanol–water partition coefficient (Wildman–Crippen LogP) is 0.666. The van der Waals surface area contributed by atoms with Gasteiger partial charge < -0.3 is 10.3 Å². The number of sulfone groups is 1. The fourth-order valence-corrected chi connectivity index (χ4v) is 5.00. The van der Waals surface area contributed by atoms with Crippen LogP contribution in [-0.4, -0.2) is 35.0 Å². The van der Waals surface area contributed by atoms with E-state index in [-0.39, 0.29) is 11.3 Å². The van der Waals surface area contributed by atoms with Crippen molar-refractivity contribution in [3.8, 4) is 0 Å². The summed E-state index contributed by atoms with van der Waals surface area (Å²) in [5.41, 5.74) is 6.86. The first-order valence-corrected chi connectivity index (χ1v) is 8.78. The van der Waals surface area contributed by atoms with Gasteiger partial charge in [-0.25, -0.2) is 13.4 Å². The molecule has 5 nitrogen and oxygen atoms in total. The Kier molecular flexibility index (Phi) is 3.39. The third-order valence-corrected chi connectivity index (χ3v) is 6.50. The maximum atomic E-state index is 12.0. The third kappa shape index (κ3) is 2.69. The van der Waals surface area contributed by atoms with Crippen LogP contribution in [0.1, 0.15) is 37.2 Å². The molecule has 2 unspecified atom stereocenters. The van der Waals surface area contributed by atoms with Crippen LogP contribution < -0.4 is 5.73 Å². The molecule has 2 atom stereocenters. The maximum absolute atomic E-state index is 12.0. The van der Waals surface area contributed by atoms with Crippen molar-refractivity contribution in [3.05, 3.63) is 17.7 Å². The Hall–Kier alpha value is -0.880. The van der Waals surface area contributed by atoms with E-state index in [1.165, 1.54) is 0 Å². The molecular formula is C13H21N3O2S. The fraction of sp³-hybridized carbons (Fsp3) is 0.769. The van der Waals surface area contributed by atoms with Crippen molar-refractivity contribution >= 4 is 9.84 Å². The maximum Gasteiger partial charge on any atom is 0.153 e. The van der Waals surface area contributed by atoms with Crippen molar-refractivity contribution < 1.29 is 8.42 Å². The van der Waals surface area contributed by atoms with Crippen LogP contribution in [0.4, 0.5) is 0 Å². The van der Waals surface area contributed by atoms with Crippen molar-refractivity contribution in [1.82, 2.24) is 9.55 Å². The first-order valence-electron chi connectivity index (χ1n) is 7.07. The van der Waals surface area contributed by atoms with Crippen LogP contribution in [0.2, 0.25) is 0 Å². The molecule has 1 aromatic rings. The molecule has 3 rings (SSSR count). The number of rotatable bonds is 2. The topological polar surface area (TPSA) is 78.0 Å². The Morgan fingerprint density at radius 3 is 3.00 bits per heavy atom. The number of nitrogens with zero attached hydrogens (tertiary/aromatic N) is 2. The molecule has 19 heavy (non-hydrogen) atoms. The van der Waals surface area contributed by atoms with Crippen molar-refractivity contribution in [2.24, 2.45) is 5.73 Å². The largest absolute Gasteiger partial charge is 0.333 e. The summed E-state index contributed by atoms with van der Waals surface area (Å²) in [6.45, 7) is 0.805. The molecule has 106 valence electrons. The minimum absolute atomic E-state index is 0.202. The summed E-state index contributed by atoms with van der Waals surface area (Å²) in [5, 5.41) is -0.230. The van der Waals surface area contributed by atoms with Gasteiger partial charge in [0.2, 0.25) is 0 Å². The van der Waals surface area contributed by atoms with E-state index < -0.39 is 9.84 Å². The molecule has 6 heteroatoms. The number of fused-ring (bicyclic) bond motifs is 1. The minimum atomic E-state index is -2.91. The van der Waals surface area contributed by atoms with Crippen LogP contribution in [0.3, 0.4) is 0 Å². The van der Waals surface area contributed by atoms with Crippen LogP contribution in [0.25, 0.3) is 0 Å². The zero-order chi connectivity index (χ0) is 13.5. The smallest absolute Gasteiger partial charge is 0.153 e. The second-order valence-electron chi connectivity index (χ2n) is 5.79. The van der Waals surface area contributed by atoms with Gasteiger partial charge in [0.05, 0.1) is 16.7 Å². The van der Waals surface area contributed by atoms with Gasteiger partial charge in [-0.05, 0) is 19.3 Å². The SMILES string of the molecule is NC1CCc2nc(CC3CCCCS3(=O)=O)cn2C1. The Morgan fingerprint density at radius 2 is 2.21 bits per heavy atom. The van der Waals surface area contributed by atoms with E-state index in [9.17, 15) is 8.42 Å². The molecule has 0 saturated carbocycles. The van der Waals surface area contributed by atoms with Crippen molar-refractivity contribution in [2.75, 3.05) is 5.75 Å². The second kappa shape index (κ2) is 4.90. The molecule has 0 bridgehead atoms. The highest BCUT2D eigenvalue weighted by Crippen LogP contribution is 2.23. The number of hydrogen-bond acceptors (Lipinski definition) is 4. The van der Waals surface area contributed by atoms with Gasteiger partial charge in [0, 0.05) is 31.6 Å². The Bertz CT molecular complexity index is 564. The molecule has 2 aliphatic rings. The average Bonchev–Trinajstić information content (AvgIpc) is 2.73. The summed E-state index contributed by atoms with van der Waals surface area (Å²) in [6, 6.07) is 0.202. The van der Waals surface area contributed by atoms with Crippen molar-refractivity contribution in [3.63, 3.8) is 0 Å². The lowest BCUT2D eigenvalue weighted by atomic mass is 10.1. The van der Waals surface area contributed by atoms with E-state index in [0.717, 1.165) is 50.2 Å². The van der Waals surface area contributed by atoms with Gasteiger partial charge in [0.15, 0.2) is 9.84 Å². The molecule has 0 radical (unpaired) electrons. The summed E-state index contributed by atoms with van der Waals surface area (Å²) < 4.78 is 26.1. The normalized spacial score (nSPS) is 29.9. The molecular weight excluding hydrogens is 262 g/mol. The average molecular weight is 283 g/mol. The summed E-state index contributed by atoms with van der Waals surface area (Å²) in [6.07, 6.45) is 7.05. The molecule has 0 aliphatic carbocycles. The van der Waals surface area contributed by atoms with Crippen LogP contribution in [0.15, 0.2) is 6.20 Å². The van der Waals surface area contributed by atoms with E-state index in [1.807, 2.05) is 6.20 Å². The van der Waals surface area contributed by atoms with Gasteiger partial charge in [-0.3, -0.25) is 0 Å². The minimum Gasteiger partial charge on any atom is -0.333 e. The number of imidazole rings is 1. The highest BCUT2D eigenvalue weighted by Gasteiger charge is 2.30. The predicted molar refractivity (Wildman–Crippen MR) is 73.7 cm³/mol. The standard InChI is InChI=1S/C13H21N3O2S/c14-10-4-5-13-15-11(9-16(13)8-10)7-12-3-1-2-6-19(12,17)18/h9-10,12H,1-8,14H2. The van der Waals surface area contributed by atoms with Gasteiger partial charge in [0.25, 0.3) is 0 Å². The monoisotopic (exact) mass is 283 g/mol. The van der Waals surface area contributed by atoms with Crippen molar-refractivity contribution in [2.45, 2.75) is 56.4 Å². The summed E-state index contributed by atoms with van der Waals surface area (Å²) in [7, 11) is -2.91. The molecule has 3 heterocycles. The molecule has 2 N–H and O–H groups in total. The number of aryl methyl sites for hydroxylation is 1. The Balaban J connectivity index is 1.77. The van der Waals surface area contributed by atoms with Crippen molar-refractivity contribution in [1.29, 1.82) is 0 Å². The highest BCUT2D eigenvalue weighted by atomic mass is 32.2. The van der Waals surface area contributed by atoms with Crippen LogP contribution in [0.5, 0.6) is 0 Å². The summed E-state index contributed by atoms with van der Waals surface area (Å²) >= 11 is 0. The first kappa shape index (κ1) is 13.1. The van der Waals surface area contributed by atoms with Crippen LogP contribution in [-0.2, 0) is 29.2 Å². The van der Waals surface area contributed by atoms with E-state index >= 15 is 0 Å². The van der Waals surface area contributed by atoms with Gasteiger partial charge in [-0.15, -0.1) is 0 Å². The zero-order valence-electron chi connectivity index (χ0n) is 11.1. The molecule has 0 aromatic carbocycles. The lowest BCUT2D eigenvalue weighted by Crippen LogP contribution is -2.31. The molecule has 0 amide bonds. The lowest BCUT2D eigenvalue weighted by molar-refractivity contribution is 0.453. The molecule has 2 aliphatic heterocycles. The summed E-state index contributed by atoms with van der Waals surface area (Å²) in [5.74, 6) is 1.40. The van der Waals surface area contributed by atoms with E-state index in [4.69, 9.17) is 5.73 Å². The quantitative estimate of drug-likeness (QED) is 0.865. The van der Waals surface area contributed by atoms with Gasteiger partial charge in [0.1, 0.15) is 5.82 Å². The van der Waals surface area contributed by atoms with E-state index in [1.54, 1.807) is 0 Å². The Morgan fingerprint density at radius 1 is 1.37 bits per heavy atom. The summed E-state index contributed by atoms with van der Waals surface area (Å²) in [4.78, 5) is 4.59. The molecule has 0 spiro atoms. The number of nitrogens with two attached hydrogens (primary N) is 1. The number of aromatic nitrogens is 2. The van der Waals surface area contributed by atoms with Gasteiger partial charge in [-0.2, -0.15) is 0 Å². The van der Waals surface area contributed by atoms with Gasteiger partial charge in [-0.1, -0.05) is 6.42 Å². The zero-order valence-corrected chi connectivity index (χ0v) is 11.9. The lowest BCUT2D eigenvalue weighted by Gasteiger charge is -2.21. The van der Waals surface area contributed by atoms with Crippen LogP contribution >= 0.6 is 0 Å². The first-order chi connectivity index (χ1) is 9.04. The second-order valence-corrected chi connectivity index (χ2v) is 8.19. The molecule has 1 fully saturated rings. The number of hydrogen-bond donors (Lipinski definition) is 1. The fourth-order valence-electron chi connectivity index (χ4n) is 3.11. The Labute approximate surface area is 114 Å². The van der Waals surface area contributed by atoms with Crippen LogP contribution in [0, 0.1) is 0 Å². The molecule has 1 saturated heterocycles. The van der Waals surface area contributed by atoms with Gasteiger partial charge >= 0.3 is 0 Å². The van der Waals surface area contributed by atoms with E-state index in [0.29, 0.717) is 12.2 Å². The third-order valence-electron chi connectivity index (χ3n) is 4.23. The van der Waals surface area contributed by atoms with E-state index in [2.05, 4.69) is 9.55 Å². The highest BCUT2D eigenvalue weighted by molar-refractivity contribution is 7.92.